The van der Waals surface area contributed by atoms with Crippen LogP contribution in [0.25, 0.3) is 0 Å². The van der Waals surface area contributed by atoms with Crippen molar-refractivity contribution in [3.8, 4) is 5.75 Å². The van der Waals surface area contributed by atoms with Crippen LogP contribution >= 0.6 is 0 Å². The zero-order valence-corrected chi connectivity index (χ0v) is 12.9. The molecule has 1 aromatic rings. The van der Waals surface area contributed by atoms with Crippen LogP contribution < -0.4 is 10.1 Å². The third-order valence-electron chi connectivity index (χ3n) is 2.86. The van der Waals surface area contributed by atoms with Crippen LogP contribution in [0.5, 0.6) is 5.75 Å². The maximum atomic E-state index is 12.3. The second-order valence-corrected chi connectivity index (χ2v) is 5.11. The largest absolute Gasteiger partial charge is 0.490 e. The molecule has 0 radical (unpaired) electrons. The Morgan fingerprint density at radius 2 is 2.04 bits per heavy atom. The van der Waals surface area contributed by atoms with Crippen LogP contribution in [0.3, 0.4) is 0 Å². The SMILES string of the molecule is CC(C)=CCOc1cccc(C(=O)NC(CC(F)F)C(=O)O)c1. The second kappa shape index (κ2) is 8.87. The number of hydrogen-bond acceptors (Lipinski definition) is 3. The third kappa shape index (κ3) is 6.90. The molecule has 0 saturated heterocycles. The Kier molecular flexibility index (Phi) is 7.18. The van der Waals surface area contributed by atoms with Gasteiger partial charge in [-0.3, -0.25) is 4.79 Å². The van der Waals surface area contributed by atoms with Gasteiger partial charge in [0.25, 0.3) is 5.91 Å². The minimum absolute atomic E-state index is 0.139. The first-order valence-corrected chi connectivity index (χ1v) is 6.97. The summed E-state index contributed by atoms with van der Waals surface area (Å²) in [5.41, 5.74) is 1.22. The molecule has 1 rings (SSSR count). The van der Waals surface area contributed by atoms with Crippen LogP contribution in [0.2, 0.25) is 0 Å². The highest BCUT2D eigenvalue weighted by Crippen LogP contribution is 2.14. The highest BCUT2D eigenvalue weighted by atomic mass is 19.3. The van der Waals surface area contributed by atoms with Gasteiger partial charge >= 0.3 is 5.97 Å². The second-order valence-electron chi connectivity index (χ2n) is 5.11. The number of allylic oxidation sites excluding steroid dienone is 1. The molecule has 1 amide bonds. The number of carboxylic acids is 1. The van der Waals surface area contributed by atoms with Crippen molar-refractivity contribution in [2.24, 2.45) is 0 Å². The molecule has 0 heterocycles. The molecule has 23 heavy (non-hydrogen) atoms. The molecule has 0 aliphatic rings. The summed E-state index contributed by atoms with van der Waals surface area (Å²) in [6.45, 7) is 4.17. The van der Waals surface area contributed by atoms with Crippen LogP contribution in [0, 0.1) is 0 Å². The summed E-state index contributed by atoms with van der Waals surface area (Å²) >= 11 is 0. The van der Waals surface area contributed by atoms with E-state index in [1.165, 1.54) is 12.1 Å². The van der Waals surface area contributed by atoms with Crippen molar-refractivity contribution in [1.29, 1.82) is 0 Å². The number of alkyl halides is 2. The molecule has 0 saturated carbocycles. The lowest BCUT2D eigenvalue weighted by Gasteiger charge is -2.14. The molecule has 0 bridgehead atoms. The van der Waals surface area contributed by atoms with E-state index in [4.69, 9.17) is 9.84 Å². The fourth-order valence-electron chi connectivity index (χ4n) is 1.67. The monoisotopic (exact) mass is 327 g/mol. The Bertz CT molecular complexity index is 583. The smallest absolute Gasteiger partial charge is 0.326 e. The number of carboxylic acid groups (broad SMARTS) is 1. The topological polar surface area (TPSA) is 75.6 Å². The van der Waals surface area contributed by atoms with Crippen LogP contribution in [0.1, 0.15) is 30.6 Å². The van der Waals surface area contributed by atoms with E-state index in [-0.39, 0.29) is 5.56 Å². The molecule has 0 spiro atoms. The molecule has 5 nitrogen and oxygen atoms in total. The van der Waals surface area contributed by atoms with Gasteiger partial charge in [-0.2, -0.15) is 0 Å². The molecule has 1 aromatic carbocycles. The predicted molar refractivity (Wildman–Crippen MR) is 80.9 cm³/mol. The van der Waals surface area contributed by atoms with Gasteiger partial charge < -0.3 is 15.2 Å². The zero-order chi connectivity index (χ0) is 17.4. The molecule has 1 atom stereocenters. The van der Waals surface area contributed by atoms with Crippen molar-refractivity contribution in [1.82, 2.24) is 5.32 Å². The predicted octanol–water partition coefficient (Wildman–Crippen LogP) is 2.87. The van der Waals surface area contributed by atoms with Gasteiger partial charge in [0.1, 0.15) is 18.4 Å². The molecule has 0 aliphatic heterocycles. The molecular weight excluding hydrogens is 308 g/mol. The molecule has 1 unspecified atom stereocenters. The fourth-order valence-corrected chi connectivity index (χ4v) is 1.67. The molecular formula is C16H19F2NO4. The van der Waals surface area contributed by atoms with E-state index in [2.05, 4.69) is 5.32 Å². The summed E-state index contributed by atoms with van der Waals surface area (Å²) in [5, 5.41) is 10.9. The average Bonchev–Trinajstić information content (AvgIpc) is 2.45. The third-order valence-corrected chi connectivity index (χ3v) is 2.86. The van der Waals surface area contributed by atoms with Gasteiger partial charge in [0.2, 0.25) is 6.43 Å². The quantitative estimate of drug-likeness (QED) is 0.720. The molecule has 126 valence electrons. The minimum atomic E-state index is -2.82. The van der Waals surface area contributed by atoms with E-state index in [1.807, 2.05) is 19.9 Å². The van der Waals surface area contributed by atoms with Gasteiger partial charge in [-0.15, -0.1) is 0 Å². The van der Waals surface area contributed by atoms with Gasteiger partial charge in [0.15, 0.2) is 0 Å². The van der Waals surface area contributed by atoms with Crippen LogP contribution in [0.4, 0.5) is 8.78 Å². The fraction of sp³-hybridized carbons (Fsp3) is 0.375. The number of benzene rings is 1. The average molecular weight is 327 g/mol. The van der Waals surface area contributed by atoms with Crippen LogP contribution in [-0.2, 0) is 4.79 Å². The van der Waals surface area contributed by atoms with Crippen molar-refractivity contribution >= 4 is 11.9 Å². The molecule has 0 fully saturated rings. The standard InChI is InChI=1S/C16H19F2NO4/c1-10(2)6-7-23-12-5-3-4-11(8-12)15(20)19-13(16(21)22)9-14(17)18/h3-6,8,13-14H,7,9H2,1-2H3,(H,19,20)(H,21,22). The number of rotatable bonds is 8. The Hall–Kier alpha value is -2.44. The zero-order valence-electron chi connectivity index (χ0n) is 12.9. The van der Waals surface area contributed by atoms with Gasteiger partial charge in [0.05, 0.1) is 0 Å². The normalized spacial score (nSPS) is 11.7. The summed E-state index contributed by atoms with van der Waals surface area (Å²) < 4.78 is 30.1. The summed E-state index contributed by atoms with van der Waals surface area (Å²) in [7, 11) is 0. The van der Waals surface area contributed by atoms with E-state index in [1.54, 1.807) is 12.1 Å². The van der Waals surface area contributed by atoms with E-state index < -0.39 is 30.8 Å². The van der Waals surface area contributed by atoms with Crippen molar-refractivity contribution in [2.45, 2.75) is 32.7 Å². The lowest BCUT2D eigenvalue weighted by molar-refractivity contribution is -0.140. The molecule has 2 N–H and O–H groups in total. The number of aliphatic carboxylic acids is 1. The van der Waals surface area contributed by atoms with Crippen molar-refractivity contribution in [3.63, 3.8) is 0 Å². The Labute approximate surface area is 133 Å². The van der Waals surface area contributed by atoms with Gasteiger partial charge in [-0.05, 0) is 38.1 Å². The summed E-state index contributed by atoms with van der Waals surface area (Å²) in [4.78, 5) is 22.9. The van der Waals surface area contributed by atoms with E-state index in [0.29, 0.717) is 12.4 Å². The number of halogens is 2. The number of ether oxygens (including phenoxy) is 1. The number of carbonyl (C=O) groups excluding carboxylic acids is 1. The number of nitrogens with one attached hydrogen (secondary N) is 1. The van der Waals surface area contributed by atoms with Gasteiger partial charge in [-0.1, -0.05) is 11.6 Å². The maximum Gasteiger partial charge on any atom is 0.326 e. The van der Waals surface area contributed by atoms with Crippen LogP contribution in [-0.4, -0.2) is 36.1 Å². The minimum Gasteiger partial charge on any atom is -0.490 e. The first kappa shape index (κ1) is 18.6. The van der Waals surface area contributed by atoms with Gasteiger partial charge in [0, 0.05) is 12.0 Å². The highest BCUT2D eigenvalue weighted by molar-refractivity contribution is 5.96. The van der Waals surface area contributed by atoms with Crippen molar-refractivity contribution in [2.75, 3.05) is 6.61 Å². The lowest BCUT2D eigenvalue weighted by Crippen LogP contribution is -2.42. The van der Waals surface area contributed by atoms with Crippen molar-refractivity contribution in [3.05, 3.63) is 41.5 Å². The Morgan fingerprint density at radius 3 is 2.61 bits per heavy atom. The Morgan fingerprint density at radius 1 is 1.35 bits per heavy atom. The lowest BCUT2D eigenvalue weighted by atomic mass is 10.1. The molecule has 0 aliphatic carbocycles. The van der Waals surface area contributed by atoms with Gasteiger partial charge in [-0.25, -0.2) is 13.6 Å². The molecule has 7 heteroatoms. The van der Waals surface area contributed by atoms with E-state index >= 15 is 0 Å². The summed E-state index contributed by atoms with van der Waals surface area (Å²) in [6.07, 6.45) is -1.91. The number of amides is 1. The summed E-state index contributed by atoms with van der Waals surface area (Å²) in [5.74, 6) is -1.82. The highest BCUT2D eigenvalue weighted by Gasteiger charge is 2.24. The molecule has 0 aromatic heterocycles. The number of hydrogen-bond donors (Lipinski definition) is 2. The summed E-state index contributed by atoms with van der Waals surface area (Å²) in [6, 6.07) is 4.44. The van der Waals surface area contributed by atoms with E-state index in [9.17, 15) is 18.4 Å². The number of carbonyl (C=O) groups is 2. The Balaban J connectivity index is 2.75. The first-order valence-electron chi connectivity index (χ1n) is 6.97. The van der Waals surface area contributed by atoms with Crippen LogP contribution in [0.15, 0.2) is 35.9 Å². The van der Waals surface area contributed by atoms with E-state index in [0.717, 1.165) is 5.57 Å². The van der Waals surface area contributed by atoms with Crippen molar-refractivity contribution < 1.29 is 28.2 Å². The maximum absolute atomic E-state index is 12.3. The first-order chi connectivity index (χ1) is 10.8.